The largest absolute Gasteiger partial charge is 0.207 e. The first-order valence-corrected chi connectivity index (χ1v) is 5.63. The Balaban J connectivity index is 2.80. The maximum absolute atomic E-state index is 12.8. The highest BCUT2D eigenvalue weighted by Crippen LogP contribution is 2.34. The van der Waals surface area contributed by atoms with Gasteiger partial charge in [-0.15, -0.1) is 0 Å². The Morgan fingerprint density at radius 2 is 2.09 bits per heavy atom. The van der Waals surface area contributed by atoms with Crippen molar-refractivity contribution in [3.05, 3.63) is 24.1 Å². The Labute approximate surface area is 82.8 Å². The zero-order valence-electron chi connectivity index (χ0n) is 5.99. The summed E-state index contributed by atoms with van der Waals surface area (Å²) in [5, 5.41) is 1.59. The molecule has 0 aromatic rings. The lowest BCUT2D eigenvalue weighted by Gasteiger charge is -2.26. The Bertz CT molecular complexity index is 192. The first-order valence-electron chi connectivity index (χ1n) is 3.39. The molecule has 0 aromatic carbocycles. The summed E-state index contributed by atoms with van der Waals surface area (Å²) < 4.78 is 12.8. The molecule has 0 saturated heterocycles. The molecule has 0 heterocycles. The van der Waals surface area contributed by atoms with Crippen LogP contribution in [0.15, 0.2) is 24.1 Å². The van der Waals surface area contributed by atoms with Crippen molar-refractivity contribution in [3.63, 3.8) is 0 Å². The van der Waals surface area contributed by atoms with Crippen LogP contribution in [0.2, 0.25) is 0 Å². The normalized spacial score (nSPS) is 21.5. The van der Waals surface area contributed by atoms with Crippen molar-refractivity contribution in [1.82, 2.24) is 0 Å². The van der Waals surface area contributed by atoms with Crippen LogP contribution < -0.4 is 0 Å². The highest BCUT2D eigenvalue weighted by atomic mass is 79.9. The number of allylic oxidation sites excluding steroid dienone is 4. The van der Waals surface area contributed by atoms with E-state index in [-0.39, 0.29) is 11.2 Å². The molecule has 0 unspecified atom stereocenters. The fourth-order valence-electron chi connectivity index (χ4n) is 1.03. The van der Waals surface area contributed by atoms with Crippen molar-refractivity contribution < 1.29 is 4.39 Å². The van der Waals surface area contributed by atoms with Crippen LogP contribution in [-0.4, -0.2) is 10.7 Å². The second kappa shape index (κ2) is 3.85. The minimum Gasteiger partial charge on any atom is -0.207 e. The molecule has 0 aliphatic heterocycles. The standard InChI is InChI=1S/C8H9Br2F/c9-5-8(6-10)3-1-2-7(11)4-8/h1-2,4H,3,5-6H2. The highest BCUT2D eigenvalue weighted by molar-refractivity contribution is 9.09. The van der Waals surface area contributed by atoms with Gasteiger partial charge in [0.15, 0.2) is 0 Å². The van der Waals surface area contributed by atoms with Crippen molar-refractivity contribution in [2.24, 2.45) is 5.41 Å². The van der Waals surface area contributed by atoms with Gasteiger partial charge in [-0.25, -0.2) is 4.39 Å². The van der Waals surface area contributed by atoms with E-state index in [0.717, 1.165) is 17.1 Å². The molecule has 0 spiro atoms. The van der Waals surface area contributed by atoms with Gasteiger partial charge in [0.05, 0.1) is 0 Å². The summed E-state index contributed by atoms with van der Waals surface area (Å²) in [4.78, 5) is 0. The maximum Gasteiger partial charge on any atom is 0.119 e. The average molecular weight is 284 g/mol. The molecule has 3 heteroatoms. The molecule has 1 aliphatic rings. The second-order valence-electron chi connectivity index (χ2n) is 2.77. The second-order valence-corrected chi connectivity index (χ2v) is 3.89. The topological polar surface area (TPSA) is 0 Å². The summed E-state index contributed by atoms with van der Waals surface area (Å²) in [6, 6.07) is 0. The summed E-state index contributed by atoms with van der Waals surface area (Å²) >= 11 is 6.76. The molecule has 0 radical (unpaired) electrons. The minimum absolute atomic E-state index is 0.0567. The van der Waals surface area contributed by atoms with Crippen LogP contribution in [0.5, 0.6) is 0 Å². The van der Waals surface area contributed by atoms with Crippen molar-refractivity contribution in [3.8, 4) is 0 Å². The monoisotopic (exact) mass is 282 g/mol. The van der Waals surface area contributed by atoms with Crippen LogP contribution in [0.4, 0.5) is 4.39 Å². The summed E-state index contributed by atoms with van der Waals surface area (Å²) in [7, 11) is 0. The van der Waals surface area contributed by atoms with E-state index in [0.29, 0.717) is 0 Å². The van der Waals surface area contributed by atoms with Gasteiger partial charge in [0.2, 0.25) is 0 Å². The fraction of sp³-hybridized carbons (Fsp3) is 0.500. The third-order valence-corrected chi connectivity index (χ3v) is 4.01. The number of hydrogen-bond acceptors (Lipinski definition) is 0. The Hall–Kier alpha value is 0.370. The average Bonchev–Trinajstić information content (AvgIpc) is 2.04. The Kier molecular flexibility index (Phi) is 3.31. The molecular formula is C8H9Br2F. The van der Waals surface area contributed by atoms with Crippen LogP contribution in [0, 0.1) is 5.41 Å². The molecule has 1 aliphatic carbocycles. The van der Waals surface area contributed by atoms with Gasteiger partial charge in [-0.3, -0.25) is 0 Å². The van der Waals surface area contributed by atoms with E-state index >= 15 is 0 Å². The molecule has 0 saturated carbocycles. The zero-order valence-corrected chi connectivity index (χ0v) is 9.16. The lowest BCUT2D eigenvalue weighted by molar-refractivity contribution is 0.486. The number of alkyl halides is 2. The van der Waals surface area contributed by atoms with Crippen LogP contribution in [0.25, 0.3) is 0 Å². The van der Waals surface area contributed by atoms with Gasteiger partial charge in [-0.1, -0.05) is 37.9 Å². The molecule has 1 rings (SSSR count). The van der Waals surface area contributed by atoms with Crippen molar-refractivity contribution >= 4 is 31.9 Å². The summed E-state index contributed by atoms with van der Waals surface area (Å²) in [5.41, 5.74) is -0.0567. The van der Waals surface area contributed by atoms with Crippen molar-refractivity contribution in [2.45, 2.75) is 6.42 Å². The van der Waals surface area contributed by atoms with E-state index in [4.69, 9.17) is 0 Å². The van der Waals surface area contributed by atoms with Gasteiger partial charge in [-0.05, 0) is 18.6 Å². The van der Waals surface area contributed by atoms with Gasteiger partial charge in [0.1, 0.15) is 5.83 Å². The van der Waals surface area contributed by atoms with Crippen LogP contribution in [0.1, 0.15) is 6.42 Å². The zero-order chi connectivity index (χ0) is 8.32. The van der Waals surface area contributed by atoms with Crippen LogP contribution in [-0.2, 0) is 0 Å². The predicted molar refractivity (Wildman–Crippen MR) is 53.0 cm³/mol. The quantitative estimate of drug-likeness (QED) is 0.680. The van der Waals surface area contributed by atoms with Gasteiger partial charge < -0.3 is 0 Å². The molecule has 0 nitrogen and oxygen atoms in total. The summed E-state index contributed by atoms with van der Waals surface area (Å²) in [5.74, 6) is -0.129. The van der Waals surface area contributed by atoms with Crippen LogP contribution in [0.3, 0.4) is 0 Å². The lowest BCUT2D eigenvalue weighted by Crippen LogP contribution is -2.22. The number of hydrogen-bond donors (Lipinski definition) is 0. The Morgan fingerprint density at radius 3 is 2.45 bits per heavy atom. The summed E-state index contributed by atoms with van der Waals surface area (Å²) in [6.45, 7) is 0. The molecule has 0 amide bonds. The highest BCUT2D eigenvalue weighted by Gasteiger charge is 2.26. The van der Waals surface area contributed by atoms with Gasteiger partial charge in [-0.2, -0.15) is 0 Å². The summed E-state index contributed by atoms with van der Waals surface area (Å²) in [6.07, 6.45) is 5.97. The predicted octanol–water partition coefficient (Wildman–Crippen LogP) is 3.58. The third-order valence-electron chi connectivity index (χ3n) is 1.78. The molecule has 0 N–H and O–H groups in total. The van der Waals surface area contributed by atoms with Crippen molar-refractivity contribution in [1.29, 1.82) is 0 Å². The molecule has 62 valence electrons. The van der Waals surface area contributed by atoms with Gasteiger partial charge in [0.25, 0.3) is 0 Å². The number of rotatable bonds is 2. The van der Waals surface area contributed by atoms with E-state index in [9.17, 15) is 4.39 Å². The fourth-order valence-corrected chi connectivity index (χ4v) is 2.74. The number of halogens is 3. The van der Waals surface area contributed by atoms with Crippen LogP contribution >= 0.6 is 31.9 Å². The van der Waals surface area contributed by atoms with E-state index in [2.05, 4.69) is 31.9 Å². The lowest BCUT2D eigenvalue weighted by atomic mass is 9.86. The molecule has 0 aromatic heterocycles. The molecule has 0 fully saturated rings. The molecule has 11 heavy (non-hydrogen) atoms. The van der Waals surface area contributed by atoms with E-state index in [1.54, 1.807) is 6.08 Å². The minimum atomic E-state index is -0.129. The third kappa shape index (κ3) is 2.15. The molecular weight excluding hydrogens is 275 g/mol. The first-order chi connectivity index (χ1) is 5.22. The van der Waals surface area contributed by atoms with Gasteiger partial charge in [0, 0.05) is 16.1 Å². The van der Waals surface area contributed by atoms with E-state index in [1.807, 2.05) is 6.08 Å². The molecule has 0 atom stereocenters. The van der Waals surface area contributed by atoms with Gasteiger partial charge >= 0.3 is 0 Å². The maximum atomic E-state index is 12.8. The molecule has 0 bridgehead atoms. The Morgan fingerprint density at radius 1 is 1.45 bits per heavy atom. The van der Waals surface area contributed by atoms with Crippen molar-refractivity contribution in [2.75, 3.05) is 10.7 Å². The SMILES string of the molecule is FC1=CC(CBr)(CBr)CC=C1. The van der Waals surface area contributed by atoms with E-state index in [1.165, 1.54) is 6.08 Å². The smallest absolute Gasteiger partial charge is 0.119 e. The van der Waals surface area contributed by atoms with E-state index < -0.39 is 0 Å². The first kappa shape index (κ1) is 9.46.